The first-order valence-corrected chi connectivity index (χ1v) is 15.6. The first-order valence-electron chi connectivity index (χ1n) is 14.7. The number of nitrogens with one attached hydrogen (secondary N) is 1. The minimum Gasteiger partial charge on any atom is -0.493 e. The lowest BCUT2D eigenvalue weighted by Gasteiger charge is -2.25. The number of rotatable bonds is 10. The number of aryl methyl sites for hydroxylation is 3. The van der Waals surface area contributed by atoms with E-state index >= 15 is 0 Å². The van der Waals surface area contributed by atoms with Gasteiger partial charge in [-0.3, -0.25) is 4.79 Å². The minimum atomic E-state index is -0.298. The highest BCUT2D eigenvalue weighted by atomic mass is 32.2. The average Bonchev–Trinajstić information content (AvgIpc) is 3.59. The molecule has 0 saturated heterocycles. The number of nitrogens with zero attached hydrogens (tertiary/aromatic N) is 6. The maximum absolute atomic E-state index is 13.4. The van der Waals surface area contributed by atoms with Crippen molar-refractivity contribution in [2.24, 2.45) is 0 Å². The van der Waals surface area contributed by atoms with Crippen LogP contribution < -0.4 is 14.8 Å². The third-order valence-electron chi connectivity index (χ3n) is 8.06. The van der Waals surface area contributed by atoms with Gasteiger partial charge >= 0.3 is 0 Å². The van der Waals surface area contributed by atoms with E-state index in [-0.39, 0.29) is 17.2 Å². The molecule has 0 radical (unpaired) electrons. The number of methoxy groups -OCH3 is 2. The second-order valence-corrected chi connectivity index (χ2v) is 12.0. The van der Waals surface area contributed by atoms with Crippen LogP contribution >= 0.6 is 11.8 Å². The average molecular weight is 588 g/mol. The molecular formula is C31H37N7O3S. The smallest absolute Gasteiger partial charge is 0.233 e. The van der Waals surface area contributed by atoms with Crippen molar-refractivity contribution in [2.75, 3.05) is 14.2 Å². The van der Waals surface area contributed by atoms with Gasteiger partial charge in [0.25, 0.3) is 0 Å². The zero-order chi connectivity index (χ0) is 29.2. The van der Waals surface area contributed by atoms with Crippen molar-refractivity contribution in [3.05, 3.63) is 48.0 Å². The Kier molecular flexibility index (Phi) is 8.19. The first-order chi connectivity index (χ1) is 20.5. The Hall–Kier alpha value is -3.86. The Balaban J connectivity index is 1.36. The Bertz CT molecular complexity index is 1740. The molecule has 0 bridgehead atoms. The summed E-state index contributed by atoms with van der Waals surface area (Å²) in [6.07, 6.45) is 6.96. The fraction of sp³-hybridized carbons (Fsp3) is 0.452. The van der Waals surface area contributed by atoms with Crippen LogP contribution in [0.5, 0.6) is 11.5 Å². The lowest BCUT2D eigenvalue weighted by molar-refractivity contribution is -0.121. The van der Waals surface area contributed by atoms with Crippen LogP contribution in [0.3, 0.4) is 0 Å². The molecule has 1 aliphatic carbocycles. The Morgan fingerprint density at radius 3 is 2.57 bits per heavy atom. The lowest BCUT2D eigenvalue weighted by atomic mass is 9.95. The summed E-state index contributed by atoms with van der Waals surface area (Å²) >= 11 is 1.44. The second kappa shape index (κ2) is 12.2. The first kappa shape index (κ1) is 28.3. The molecule has 2 aromatic carbocycles. The standard InChI is InChI=1S/C31H37N7O3S/c1-5-27(30(39)33-20-11-7-6-8-12-20)42-31-34-23-18-26(41-4)25(40-3)17-21(23)29-35-28(36-38(29)31)15-16-37-19(2)32-22-13-9-10-14-24(22)37/h9-10,13-14,17-18,20,27H,5-8,11-12,15-16H2,1-4H3,(H,33,39)/t27-/m1/s1. The summed E-state index contributed by atoms with van der Waals surface area (Å²) in [5, 5.41) is 9.34. The molecule has 0 unspecified atom stereocenters. The number of thioether (sulfide) groups is 1. The number of carbonyl (C=O) groups excluding carboxylic acids is 1. The molecule has 1 saturated carbocycles. The molecule has 11 heteroatoms. The second-order valence-electron chi connectivity index (χ2n) is 10.8. The van der Waals surface area contributed by atoms with E-state index in [0.29, 0.717) is 53.0 Å². The Morgan fingerprint density at radius 1 is 1.05 bits per heavy atom. The van der Waals surface area contributed by atoms with Crippen LogP contribution in [-0.4, -0.2) is 60.6 Å². The largest absolute Gasteiger partial charge is 0.493 e. The van der Waals surface area contributed by atoms with E-state index in [1.54, 1.807) is 18.7 Å². The van der Waals surface area contributed by atoms with Gasteiger partial charge in [0, 0.05) is 30.5 Å². The van der Waals surface area contributed by atoms with Crippen molar-refractivity contribution in [3.8, 4) is 11.5 Å². The molecule has 1 amide bonds. The number of para-hydroxylation sites is 2. The predicted molar refractivity (Wildman–Crippen MR) is 165 cm³/mol. The molecule has 220 valence electrons. The third-order valence-corrected chi connectivity index (χ3v) is 9.36. The van der Waals surface area contributed by atoms with Crippen LogP contribution in [0.15, 0.2) is 41.6 Å². The van der Waals surface area contributed by atoms with Crippen molar-refractivity contribution in [1.29, 1.82) is 0 Å². The quantitative estimate of drug-likeness (QED) is 0.168. The van der Waals surface area contributed by atoms with Crippen LogP contribution in [0, 0.1) is 6.92 Å². The van der Waals surface area contributed by atoms with Gasteiger partial charge in [-0.2, -0.15) is 4.52 Å². The van der Waals surface area contributed by atoms with Crippen molar-refractivity contribution in [3.63, 3.8) is 0 Å². The number of benzene rings is 2. The van der Waals surface area contributed by atoms with Gasteiger partial charge in [-0.1, -0.05) is 50.1 Å². The van der Waals surface area contributed by atoms with E-state index in [4.69, 9.17) is 29.5 Å². The highest BCUT2D eigenvalue weighted by molar-refractivity contribution is 8.00. The summed E-state index contributed by atoms with van der Waals surface area (Å²) in [5.41, 5.74) is 3.45. The van der Waals surface area contributed by atoms with E-state index < -0.39 is 0 Å². The van der Waals surface area contributed by atoms with Gasteiger partial charge in [-0.25, -0.2) is 15.0 Å². The van der Waals surface area contributed by atoms with Gasteiger partial charge in [0.15, 0.2) is 28.1 Å². The van der Waals surface area contributed by atoms with Gasteiger partial charge in [0.1, 0.15) is 5.82 Å². The Morgan fingerprint density at radius 2 is 1.81 bits per heavy atom. The number of carbonyl (C=O) groups is 1. The normalized spacial score (nSPS) is 15.0. The number of ether oxygens (including phenoxy) is 2. The van der Waals surface area contributed by atoms with E-state index in [0.717, 1.165) is 35.1 Å². The van der Waals surface area contributed by atoms with Crippen molar-refractivity contribution >= 4 is 45.3 Å². The van der Waals surface area contributed by atoms with Gasteiger partial charge in [-0.05, 0) is 44.4 Å². The number of imidazole rings is 1. The molecule has 42 heavy (non-hydrogen) atoms. The highest BCUT2D eigenvalue weighted by Gasteiger charge is 2.26. The van der Waals surface area contributed by atoms with Gasteiger partial charge in [0.2, 0.25) is 5.91 Å². The van der Waals surface area contributed by atoms with Crippen LogP contribution in [0.4, 0.5) is 0 Å². The van der Waals surface area contributed by atoms with Gasteiger partial charge < -0.3 is 19.4 Å². The van der Waals surface area contributed by atoms with Gasteiger partial charge in [-0.15, -0.1) is 5.10 Å². The molecular weight excluding hydrogens is 550 g/mol. The van der Waals surface area contributed by atoms with E-state index in [1.165, 1.54) is 31.0 Å². The number of aromatic nitrogens is 6. The SMILES string of the molecule is CC[C@@H](Sc1nc2cc(OC)c(OC)cc2c2nc(CCn3c(C)nc4ccccc43)nn12)C(=O)NC1CCCCC1. The molecule has 3 aromatic heterocycles. The molecule has 1 N–H and O–H groups in total. The lowest BCUT2D eigenvalue weighted by Crippen LogP contribution is -2.41. The predicted octanol–water partition coefficient (Wildman–Crippen LogP) is 5.52. The topological polar surface area (TPSA) is 108 Å². The minimum absolute atomic E-state index is 0.0551. The number of hydrogen-bond acceptors (Lipinski definition) is 8. The fourth-order valence-corrected chi connectivity index (χ4v) is 6.79. The molecule has 10 nitrogen and oxygen atoms in total. The van der Waals surface area contributed by atoms with Crippen molar-refractivity contribution in [2.45, 2.75) is 81.8 Å². The van der Waals surface area contributed by atoms with Crippen molar-refractivity contribution < 1.29 is 14.3 Å². The highest BCUT2D eigenvalue weighted by Crippen LogP contribution is 2.35. The maximum Gasteiger partial charge on any atom is 0.233 e. The molecule has 6 rings (SSSR count). The summed E-state index contributed by atoms with van der Waals surface area (Å²) in [6, 6.07) is 12.1. The summed E-state index contributed by atoms with van der Waals surface area (Å²) in [7, 11) is 3.22. The molecule has 1 atom stereocenters. The monoisotopic (exact) mass is 587 g/mol. The van der Waals surface area contributed by atoms with E-state index in [9.17, 15) is 4.79 Å². The summed E-state index contributed by atoms with van der Waals surface area (Å²) in [5.74, 6) is 2.88. The number of fused-ring (bicyclic) bond motifs is 4. The van der Waals surface area contributed by atoms with Crippen LogP contribution in [-0.2, 0) is 17.8 Å². The molecule has 0 spiro atoms. The molecule has 5 aromatic rings. The van der Waals surface area contributed by atoms with Crippen LogP contribution in [0.2, 0.25) is 0 Å². The van der Waals surface area contributed by atoms with Crippen molar-refractivity contribution in [1.82, 2.24) is 34.4 Å². The molecule has 0 aliphatic heterocycles. The molecule has 1 aliphatic rings. The molecule has 3 heterocycles. The fourth-order valence-electron chi connectivity index (χ4n) is 5.82. The summed E-state index contributed by atoms with van der Waals surface area (Å²) in [6.45, 7) is 4.75. The zero-order valence-electron chi connectivity index (χ0n) is 24.6. The van der Waals surface area contributed by atoms with E-state index in [1.807, 2.05) is 44.2 Å². The maximum atomic E-state index is 13.4. The summed E-state index contributed by atoms with van der Waals surface area (Å²) < 4.78 is 15.1. The third kappa shape index (κ3) is 5.49. The van der Waals surface area contributed by atoms with Crippen LogP contribution in [0.25, 0.3) is 27.6 Å². The van der Waals surface area contributed by atoms with E-state index in [2.05, 4.69) is 16.0 Å². The molecule has 1 fully saturated rings. The number of hydrogen-bond donors (Lipinski definition) is 1. The van der Waals surface area contributed by atoms with Crippen LogP contribution in [0.1, 0.15) is 57.1 Å². The zero-order valence-corrected chi connectivity index (χ0v) is 25.4. The summed E-state index contributed by atoms with van der Waals surface area (Å²) in [4.78, 5) is 28.0. The van der Waals surface area contributed by atoms with Gasteiger partial charge in [0.05, 0.1) is 36.0 Å². The Labute approximate surface area is 249 Å². The number of amides is 1.